The van der Waals surface area contributed by atoms with Crippen molar-refractivity contribution in [1.82, 2.24) is 10.6 Å². The molecule has 1 atom stereocenters. The molecule has 0 aliphatic rings. The summed E-state index contributed by atoms with van der Waals surface area (Å²) < 4.78 is 4.80. The third-order valence-corrected chi connectivity index (χ3v) is 2.66. The van der Waals surface area contributed by atoms with Gasteiger partial charge in [0.1, 0.15) is 6.04 Å². The number of carboxylic acids is 1. The van der Waals surface area contributed by atoms with Gasteiger partial charge in [0.2, 0.25) is 5.91 Å². The molecule has 0 radical (unpaired) electrons. The first-order valence-corrected chi connectivity index (χ1v) is 6.72. The number of ether oxygens (including phenoxy) is 1. The molecule has 100 valence electrons. The molecular weight excluding hydrogens is 244 g/mol. The van der Waals surface area contributed by atoms with Crippen molar-refractivity contribution in [2.75, 3.05) is 38.8 Å². The number of aliphatic carboxylic acids is 1. The predicted octanol–water partition coefficient (Wildman–Crippen LogP) is -0.455. The number of carbonyl (C=O) groups excluding carboxylic acids is 1. The maximum Gasteiger partial charge on any atom is 0.326 e. The van der Waals surface area contributed by atoms with Gasteiger partial charge in [0.15, 0.2) is 0 Å². The van der Waals surface area contributed by atoms with Crippen molar-refractivity contribution in [3.8, 4) is 0 Å². The molecule has 1 amide bonds. The monoisotopic (exact) mass is 264 g/mol. The number of amides is 1. The lowest BCUT2D eigenvalue weighted by molar-refractivity contribution is -0.141. The highest BCUT2D eigenvalue weighted by Gasteiger charge is 2.18. The van der Waals surface area contributed by atoms with E-state index in [0.29, 0.717) is 25.3 Å². The molecule has 0 saturated carbocycles. The van der Waals surface area contributed by atoms with Gasteiger partial charge in [-0.2, -0.15) is 11.8 Å². The number of hydrogen-bond acceptors (Lipinski definition) is 5. The van der Waals surface area contributed by atoms with E-state index in [2.05, 4.69) is 10.6 Å². The van der Waals surface area contributed by atoms with Gasteiger partial charge in [-0.15, -0.1) is 0 Å². The second-order valence-corrected chi connectivity index (χ2v) is 4.39. The molecule has 0 rings (SSSR count). The van der Waals surface area contributed by atoms with Crippen molar-refractivity contribution in [2.24, 2.45) is 0 Å². The first-order chi connectivity index (χ1) is 8.11. The number of methoxy groups -OCH3 is 1. The van der Waals surface area contributed by atoms with Crippen molar-refractivity contribution in [1.29, 1.82) is 0 Å². The summed E-state index contributed by atoms with van der Waals surface area (Å²) in [6.07, 6.45) is 2.33. The summed E-state index contributed by atoms with van der Waals surface area (Å²) in [4.78, 5) is 22.3. The summed E-state index contributed by atoms with van der Waals surface area (Å²) in [6, 6.07) is -0.806. The third kappa shape index (κ3) is 8.96. The normalized spacial score (nSPS) is 12.1. The van der Waals surface area contributed by atoms with Crippen molar-refractivity contribution < 1.29 is 19.4 Å². The van der Waals surface area contributed by atoms with Gasteiger partial charge in [-0.05, 0) is 18.4 Å². The van der Waals surface area contributed by atoms with Crippen LogP contribution in [0.25, 0.3) is 0 Å². The van der Waals surface area contributed by atoms with Gasteiger partial charge in [0.05, 0.1) is 13.2 Å². The molecule has 0 aromatic heterocycles. The van der Waals surface area contributed by atoms with Crippen molar-refractivity contribution in [3.63, 3.8) is 0 Å². The van der Waals surface area contributed by atoms with E-state index >= 15 is 0 Å². The van der Waals surface area contributed by atoms with Gasteiger partial charge in [-0.1, -0.05) is 0 Å². The summed E-state index contributed by atoms with van der Waals surface area (Å²) in [5.41, 5.74) is 0. The summed E-state index contributed by atoms with van der Waals surface area (Å²) in [5, 5.41) is 14.2. The Kier molecular flexibility index (Phi) is 9.89. The zero-order valence-corrected chi connectivity index (χ0v) is 11.0. The van der Waals surface area contributed by atoms with Crippen molar-refractivity contribution >= 4 is 23.6 Å². The quantitative estimate of drug-likeness (QED) is 0.463. The SMILES string of the molecule is COCCNCC(=O)N[C@H](CCSC)C(=O)O. The Morgan fingerprint density at radius 2 is 2.18 bits per heavy atom. The van der Waals surface area contributed by atoms with Crippen molar-refractivity contribution in [3.05, 3.63) is 0 Å². The Hall–Kier alpha value is -0.790. The van der Waals surface area contributed by atoms with E-state index in [1.807, 2.05) is 6.26 Å². The third-order valence-electron chi connectivity index (χ3n) is 2.01. The van der Waals surface area contributed by atoms with Gasteiger partial charge >= 0.3 is 5.97 Å². The van der Waals surface area contributed by atoms with E-state index in [1.165, 1.54) is 0 Å². The first kappa shape index (κ1) is 16.2. The van der Waals surface area contributed by atoms with Crippen LogP contribution in [0.2, 0.25) is 0 Å². The molecule has 0 saturated heterocycles. The average molecular weight is 264 g/mol. The molecule has 0 aliphatic heterocycles. The number of rotatable bonds is 10. The number of thioether (sulfide) groups is 1. The molecule has 7 heteroatoms. The lowest BCUT2D eigenvalue weighted by atomic mass is 10.2. The largest absolute Gasteiger partial charge is 0.480 e. The number of nitrogens with one attached hydrogen (secondary N) is 2. The molecule has 17 heavy (non-hydrogen) atoms. The van der Waals surface area contributed by atoms with E-state index < -0.39 is 12.0 Å². The highest BCUT2D eigenvalue weighted by Crippen LogP contribution is 2.00. The van der Waals surface area contributed by atoms with Crippen LogP contribution in [0.15, 0.2) is 0 Å². The van der Waals surface area contributed by atoms with Crippen LogP contribution < -0.4 is 10.6 Å². The van der Waals surface area contributed by atoms with Crippen LogP contribution in [-0.4, -0.2) is 61.8 Å². The molecule has 0 bridgehead atoms. The van der Waals surface area contributed by atoms with Crippen LogP contribution in [0.5, 0.6) is 0 Å². The van der Waals surface area contributed by atoms with E-state index in [0.717, 1.165) is 0 Å². The van der Waals surface area contributed by atoms with Crippen LogP contribution in [0, 0.1) is 0 Å². The fourth-order valence-corrected chi connectivity index (χ4v) is 1.59. The molecule has 0 aromatic rings. The number of carboxylic acid groups (broad SMARTS) is 1. The Morgan fingerprint density at radius 1 is 1.47 bits per heavy atom. The smallest absolute Gasteiger partial charge is 0.326 e. The second kappa shape index (κ2) is 10.4. The minimum atomic E-state index is -0.996. The van der Waals surface area contributed by atoms with Gasteiger partial charge in [-0.25, -0.2) is 4.79 Å². The van der Waals surface area contributed by atoms with Gasteiger partial charge in [-0.3, -0.25) is 4.79 Å². The predicted molar refractivity (Wildman–Crippen MR) is 67.3 cm³/mol. The molecule has 0 unspecified atom stereocenters. The first-order valence-electron chi connectivity index (χ1n) is 5.32. The molecular formula is C10H20N2O4S. The highest BCUT2D eigenvalue weighted by atomic mass is 32.2. The van der Waals surface area contributed by atoms with E-state index in [4.69, 9.17) is 9.84 Å². The Labute approximate surface area is 105 Å². The minimum Gasteiger partial charge on any atom is -0.480 e. The molecule has 0 spiro atoms. The maximum absolute atomic E-state index is 11.4. The highest BCUT2D eigenvalue weighted by molar-refractivity contribution is 7.98. The second-order valence-electron chi connectivity index (χ2n) is 3.41. The molecule has 0 aromatic carbocycles. The fraction of sp³-hybridized carbons (Fsp3) is 0.800. The Morgan fingerprint density at radius 3 is 2.71 bits per heavy atom. The topological polar surface area (TPSA) is 87.7 Å². The lowest BCUT2D eigenvalue weighted by Gasteiger charge is -2.14. The Balaban J connectivity index is 3.83. The van der Waals surface area contributed by atoms with E-state index in [-0.39, 0.29) is 12.5 Å². The average Bonchev–Trinajstić information content (AvgIpc) is 2.29. The maximum atomic E-state index is 11.4. The minimum absolute atomic E-state index is 0.104. The van der Waals surface area contributed by atoms with Crippen LogP contribution >= 0.6 is 11.8 Å². The zero-order valence-electron chi connectivity index (χ0n) is 10.2. The molecule has 0 heterocycles. The molecule has 0 aliphatic carbocycles. The van der Waals surface area contributed by atoms with Gasteiger partial charge in [0.25, 0.3) is 0 Å². The fourth-order valence-electron chi connectivity index (χ4n) is 1.11. The van der Waals surface area contributed by atoms with Crippen LogP contribution in [0.3, 0.4) is 0 Å². The van der Waals surface area contributed by atoms with Crippen molar-refractivity contribution in [2.45, 2.75) is 12.5 Å². The van der Waals surface area contributed by atoms with Crippen LogP contribution in [0.1, 0.15) is 6.42 Å². The van der Waals surface area contributed by atoms with E-state index in [9.17, 15) is 9.59 Å². The molecule has 3 N–H and O–H groups in total. The van der Waals surface area contributed by atoms with Crippen LogP contribution in [-0.2, 0) is 14.3 Å². The Bertz CT molecular complexity index is 238. The van der Waals surface area contributed by atoms with E-state index in [1.54, 1.807) is 18.9 Å². The summed E-state index contributed by atoms with van der Waals surface area (Å²) >= 11 is 1.55. The van der Waals surface area contributed by atoms with Gasteiger partial charge in [0, 0.05) is 13.7 Å². The summed E-state index contributed by atoms with van der Waals surface area (Å²) in [5.74, 6) is -0.604. The van der Waals surface area contributed by atoms with Gasteiger partial charge < -0.3 is 20.5 Å². The molecule has 6 nitrogen and oxygen atoms in total. The number of hydrogen-bond donors (Lipinski definition) is 3. The summed E-state index contributed by atoms with van der Waals surface area (Å²) in [6.45, 7) is 1.18. The summed E-state index contributed by atoms with van der Waals surface area (Å²) in [7, 11) is 1.57. The standard InChI is InChI=1S/C10H20N2O4S/c1-16-5-4-11-7-9(13)12-8(10(14)15)3-6-17-2/h8,11H,3-7H2,1-2H3,(H,12,13)(H,14,15)/t8-/m1/s1. The zero-order chi connectivity index (χ0) is 13.1. The lowest BCUT2D eigenvalue weighted by Crippen LogP contribution is -2.45. The number of carbonyl (C=O) groups is 2. The molecule has 0 fully saturated rings. The van der Waals surface area contributed by atoms with Crippen LogP contribution in [0.4, 0.5) is 0 Å².